The van der Waals surface area contributed by atoms with Gasteiger partial charge in [0.1, 0.15) is 6.07 Å². The minimum Gasteiger partial charge on any atom is -0.375 e. The van der Waals surface area contributed by atoms with E-state index in [1.54, 1.807) is 0 Å². The number of nitrogens with one attached hydrogen (secondary N) is 1. The molecule has 1 heterocycles. The van der Waals surface area contributed by atoms with E-state index >= 15 is 0 Å². The second-order valence-electron chi connectivity index (χ2n) is 3.82. The van der Waals surface area contributed by atoms with Crippen molar-refractivity contribution in [3.05, 3.63) is 4.88 Å². The summed E-state index contributed by atoms with van der Waals surface area (Å²) in [6, 6.07) is 2.58. The third-order valence-electron chi connectivity index (χ3n) is 2.69. The van der Waals surface area contributed by atoms with E-state index in [1.807, 2.05) is 0 Å². The molecule has 15 heavy (non-hydrogen) atoms. The molecule has 0 saturated heterocycles. The van der Waals surface area contributed by atoms with Gasteiger partial charge < -0.3 is 11.1 Å². The average Bonchev–Trinajstić information content (AvgIpc) is 2.60. The van der Waals surface area contributed by atoms with Crippen LogP contribution in [0.4, 0.5) is 10.9 Å². The maximum Gasteiger partial charge on any atom is 0.183 e. The van der Waals surface area contributed by atoms with Gasteiger partial charge in [0.05, 0.1) is 0 Å². The molecule has 1 aromatic heterocycles. The van der Waals surface area contributed by atoms with E-state index in [4.69, 9.17) is 11.0 Å². The number of hydrogen-bond acceptors (Lipinski definition) is 5. The Morgan fingerprint density at radius 3 is 2.80 bits per heavy atom. The van der Waals surface area contributed by atoms with Crippen LogP contribution in [0, 0.1) is 11.3 Å². The van der Waals surface area contributed by atoms with Gasteiger partial charge in [-0.25, -0.2) is 4.98 Å². The molecule has 1 fully saturated rings. The molecule has 0 radical (unpaired) electrons. The molecule has 80 valence electrons. The molecule has 5 heteroatoms. The number of anilines is 2. The van der Waals surface area contributed by atoms with Crippen molar-refractivity contribution in [2.45, 2.75) is 38.1 Å². The van der Waals surface area contributed by atoms with E-state index in [9.17, 15) is 0 Å². The standard InChI is InChI=1S/C10H14N4S/c11-6-8-9(14-10(12)15-8)13-7-4-2-1-3-5-7/h7,13H,1-5H2,(H2,12,14). The number of nitrogens with two attached hydrogens (primary N) is 1. The van der Waals surface area contributed by atoms with Crippen molar-refractivity contribution >= 4 is 22.3 Å². The second-order valence-corrected chi connectivity index (χ2v) is 4.85. The minimum absolute atomic E-state index is 0.463. The second kappa shape index (κ2) is 4.49. The van der Waals surface area contributed by atoms with Crippen molar-refractivity contribution in [3.63, 3.8) is 0 Å². The van der Waals surface area contributed by atoms with Crippen LogP contribution in [0.15, 0.2) is 0 Å². The summed E-state index contributed by atoms with van der Waals surface area (Å²) in [6.45, 7) is 0. The number of nitrogens with zero attached hydrogens (tertiary/aromatic N) is 2. The Kier molecular flexibility index (Phi) is 3.07. The Hall–Kier alpha value is -1.28. The molecule has 0 amide bonds. The van der Waals surface area contributed by atoms with Gasteiger partial charge in [-0.05, 0) is 12.8 Å². The van der Waals surface area contributed by atoms with Crippen molar-refractivity contribution in [1.82, 2.24) is 4.98 Å². The zero-order chi connectivity index (χ0) is 10.7. The van der Waals surface area contributed by atoms with Crippen LogP contribution in [0.2, 0.25) is 0 Å². The van der Waals surface area contributed by atoms with Gasteiger partial charge in [0.25, 0.3) is 0 Å². The first kappa shape index (κ1) is 10.2. The van der Waals surface area contributed by atoms with E-state index in [2.05, 4.69) is 16.4 Å². The van der Waals surface area contributed by atoms with E-state index < -0.39 is 0 Å². The fourth-order valence-corrected chi connectivity index (χ4v) is 2.54. The summed E-state index contributed by atoms with van der Waals surface area (Å²) in [6.07, 6.45) is 6.19. The van der Waals surface area contributed by atoms with Gasteiger partial charge in [0.15, 0.2) is 15.8 Å². The van der Waals surface area contributed by atoms with Crippen molar-refractivity contribution in [1.29, 1.82) is 5.26 Å². The molecule has 2 rings (SSSR count). The lowest BCUT2D eigenvalue weighted by molar-refractivity contribution is 0.462. The smallest absolute Gasteiger partial charge is 0.183 e. The van der Waals surface area contributed by atoms with Crippen LogP contribution in [0.1, 0.15) is 37.0 Å². The van der Waals surface area contributed by atoms with E-state index in [0.29, 0.717) is 21.9 Å². The first-order chi connectivity index (χ1) is 7.29. The van der Waals surface area contributed by atoms with Gasteiger partial charge in [0, 0.05) is 6.04 Å². The summed E-state index contributed by atoms with van der Waals surface area (Å²) in [4.78, 5) is 4.73. The quantitative estimate of drug-likeness (QED) is 0.805. The van der Waals surface area contributed by atoms with Gasteiger partial charge in [-0.2, -0.15) is 5.26 Å². The van der Waals surface area contributed by atoms with E-state index in [-0.39, 0.29) is 0 Å². The van der Waals surface area contributed by atoms with Crippen molar-refractivity contribution in [2.24, 2.45) is 0 Å². The maximum absolute atomic E-state index is 8.89. The number of nitrogen functional groups attached to an aromatic ring is 1. The molecule has 0 aliphatic heterocycles. The molecule has 1 aliphatic carbocycles. The van der Waals surface area contributed by atoms with Gasteiger partial charge in [-0.3, -0.25) is 0 Å². The topological polar surface area (TPSA) is 74.7 Å². The van der Waals surface area contributed by atoms with Crippen LogP contribution in [0.25, 0.3) is 0 Å². The molecule has 0 spiro atoms. The summed E-state index contributed by atoms with van der Waals surface area (Å²) in [5, 5.41) is 12.7. The van der Waals surface area contributed by atoms with E-state index in [1.165, 1.54) is 43.4 Å². The molecular weight excluding hydrogens is 208 g/mol. The zero-order valence-corrected chi connectivity index (χ0v) is 9.31. The summed E-state index contributed by atoms with van der Waals surface area (Å²) in [5.74, 6) is 0.673. The highest BCUT2D eigenvalue weighted by atomic mass is 32.1. The van der Waals surface area contributed by atoms with Gasteiger partial charge in [-0.15, -0.1) is 0 Å². The number of rotatable bonds is 2. The Bertz CT molecular complexity index is 373. The molecule has 0 atom stereocenters. The van der Waals surface area contributed by atoms with Crippen LogP contribution >= 0.6 is 11.3 Å². The van der Waals surface area contributed by atoms with Crippen LogP contribution < -0.4 is 11.1 Å². The molecule has 4 nitrogen and oxygen atoms in total. The van der Waals surface area contributed by atoms with E-state index in [0.717, 1.165) is 0 Å². The number of hydrogen-bond donors (Lipinski definition) is 2. The Balaban J connectivity index is 2.06. The van der Waals surface area contributed by atoms with Crippen LogP contribution in [-0.2, 0) is 0 Å². The zero-order valence-electron chi connectivity index (χ0n) is 8.49. The lowest BCUT2D eigenvalue weighted by atomic mass is 9.95. The molecule has 0 bridgehead atoms. The highest BCUT2D eigenvalue weighted by Gasteiger charge is 2.16. The summed E-state index contributed by atoms with van der Waals surface area (Å²) >= 11 is 1.25. The van der Waals surface area contributed by atoms with Crippen LogP contribution in [0.3, 0.4) is 0 Å². The molecule has 1 aromatic rings. The minimum atomic E-state index is 0.463. The molecule has 3 N–H and O–H groups in total. The third kappa shape index (κ3) is 2.39. The molecule has 0 aromatic carbocycles. The third-order valence-corrected chi connectivity index (χ3v) is 3.48. The fraction of sp³-hybridized carbons (Fsp3) is 0.600. The molecule has 1 saturated carbocycles. The van der Waals surface area contributed by atoms with Gasteiger partial charge >= 0.3 is 0 Å². The average molecular weight is 222 g/mol. The number of aromatic nitrogens is 1. The monoisotopic (exact) mass is 222 g/mol. The Morgan fingerprint density at radius 1 is 1.40 bits per heavy atom. The molecular formula is C10H14N4S. The predicted octanol–water partition coefficient (Wildman–Crippen LogP) is 2.34. The molecule has 1 aliphatic rings. The lowest BCUT2D eigenvalue weighted by Gasteiger charge is -2.22. The molecule has 0 unspecified atom stereocenters. The maximum atomic E-state index is 8.89. The Labute approximate surface area is 93.1 Å². The van der Waals surface area contributed by atoms with Crippen LogP contribution in [-0.4, -0.2) is 11.0 Å². The predicted molar refractivity (Wildman–Crippen MR) is 61.7 cm³/mol. The number of thiazole rings is 1. The number of nitriles is 1. The van der Waals surface area contributed by atoms with Crippen molar-refractivity contribution < 1.29 is 0 Å². The lowest BCUT2D eigenvalue weighted by Crippen LogP contribution is -2.22. The van der Waals surface area contributed by atoms with Gasteiger partial charge in [-0.1, -0.05) is 30.6 Å². The van der Waals surface area contributed by atoms with Crippen molar-refractivity contribution in [2.75, 3.05) is 11.1 Å². The summed E-state index contributed by atoms with van der Waals surface area (Å²) < 4.78 is 0. The first-order valence-electron chi connectivity index (χ1n) is 5.22. The highest BCUT2D eigenvalue weighted by Crippen LogP contribution is 2.27. The SMILES string of the molecule is N#Cc1sc(N)nc1NC1CCCCC1. The Morgan fingerprint density at radius 2 is 2.13 bits per heavy atom. The van der Waals surface area contributed by atoms with Crippen LogP contribution in [0.5, 0.6) is 0 Å². The highest BCUT2D eigenvalue weighted by molar-refractivity contribution is 7.16. The first-order valence-corrected chi connectivity index (χ1v) is 6.04. The summed E-state index contributed by atoms with van der Waals surface area (Å²) in [7, 11) is 0. The summed E-state index contributed by atoms with van der Waals surface area (Å²) in [5.41, 5.74) is 5.58. The normalized spacial score (nSPS) is 17.3. The van der Waals surface area contributed by atoms with Gasteiger partial charge in [0.2, 0.25) is 0 Å². The fourth-order valence-electron chi connectivity index (χ4n) is 1.95. The largest absolute Gasteiger partial charge is 0.375 e. The van der Waals surface area contributed by atoms with Crippen molar-refractivity contribution in [3.8, 4) is 6.07 Å².